The van der Waals surface area contributed by atoms with E-state index < -0.39 is 0 Å². The van der Waals surface area contributed by atoms with Crippen LogP contribution in [0.5, 0.6) is 0 Å². The third kappa shape index (κ3) is 5.31. The van der Waals surface area contributed by atoms with E-state index in [-0.39, 0.29) is 5.78 Å². The molecule has 0 bridgehead atoms. The van der Waals surface area contributed by atoms with E-state index in [1.165, 1.54) is 16.7 Å². The molecule has 0 heterocycles. The lowest BCUT2D eigenvalue weighted by Gasteiger charge is -2.05. The summed E-state index contributed by atoms with van der Waals surface area (Å²) < 4.78 is 0. The van der Waals surface area contributed by atoms with Crippen molar-refractivity contribution in [2.45, 2.75) is 33.1 Å². The lowest BCUT2D eigenvalue weighted by Crippen LogP contribution is -1.95. The molecule has 0 saturated heterocycles. The number of benzene rings is 3. The van der Waals surface area contributed by atoms with Crippen molar-refractivity contribution in [2.75, 3.05) is 6.16 Å². The lowest BCUT2D eigenvalue weighted by atomic mass is 10.0. The Hall–Kier alpha value is -2.50. The van der Waals surface area contributed by atoms with Crippen molar-refractivity contribution in [1.82, 2.24) is 0 Å². The van der Waals surface area contributed by atoms with Gasteiger partial charge in [0, 0.05) is 17.6 Å². The number of ketones is 1. The minimum atomic E-state index is 0.167. The molecule has 148 valence electrons. The molecule has 3 aromatic carbocycles. The summed E-state index contributed by atoms with van der Waals surface area (Å²) in [4.78, 5) is 12.5. The maximum absolute atomic E-state index is 12.5. The molecule has 0 fully saturated rings. The largest absolute Gasteiger partial charge is 0.289 e. The van der Waals surface area contributed by atoms with Crippen LogP contribution in [0.1, 0.15) is 52.0 Å². The topological polar surface area (TPSA) is 17.1 Å². The highest BCUT2D eigenvalue weighted by Gasteiger charge is 2.23. The Morgan fingerprint density at radius 3 is 2.03 bits per heavy atom. The molecular weight excluding hydrogens is 371 g/mol. The van der Waals surface area contributed by atoms with E-state index in [1.807, 2.05) is 44.2 Å². The van der Waals surface area contributed by atoms with Gasteiger partial charge in [0.15, 0.2) is 5.78 Å². The van der Waals surface area contributed by atoms with E-state index in [1.54, 1.807) is 0 Å². The number of aryl methyl sites for hydroxylation is 1. The second-order valence-corrected chi connectivity index (χ2v) is 7.68. The second kappa shape index (κ2) is 10.3. The highest BCUT2D eigenvalue weighted by atomic mass is 31.0. The number of carbonyl (C=O) groups is 1. The van der Waals surface area contributed by atoms with Gasteiger partial charge in [-0.3, -0.25) is 4.79 Å². The standard InChI is InChI=1S/C25H23OP.C2H6/c26-25-23(17-22-3-1-2-4-24(22)25)16-21-11-9-20(10-12-21)15-19-7-5-18(6-8-19)13-14-27;1-2/h1-12,16H,13-15,17,27H2;1-2H3/b23-16+;. The molecule has 1 aliphatic carbocycles. The number of hydrogen-bond acceptors (Lipinski definition) is 1. The molecule has 1 nitrogen and oxygen atoms in total. The summed E-state index contributed by atoms with van der Waals surface area (Å²) in [6.07, 6.45) is 5.91. The Balaban J connectivity index is 0.00000117. The van der Waals surface area contributed by atoms with Crippen LogP contribution in [-0.4, -0.2) is 11.9 Å². The van der Waals surface area contributed by atoms with E-state index in [0.717, 1.165) is 47.7 Å². The molecule has 4 rings (SSSR count). The minimum Gasteiger partial charge on any atom is -0.289 e. The molecule has 0 amide bonds. The van der Waals surface area contributed by atoms with Crippen molar-refractivity contribution in [3.8, 4) is 0 Å². The molecule has 0 saturated carbocycles. The number of rotatable bonds is 5. The van der Waals surface area contributed by atoms with Crippen molar-refractivity contribution in [1.29, 1.82) is 0 Å². The van der Waals surface area contributed by atoms with Crippen LogP contribution in [0.3, 0.4) is 0 Å². The van der Waals surface area contributed by atoms with Crippen molar-refractivity contribution in [2.24, 2.45) is 0 Å². The molecule has 0 aromatic heterocycles. The molecule has 3 aromatic rings. The van der Waals surface area contributed by atoms with Crippen molar-refractivity contribution >= 4 is 21.1 Å². The van der Waals surface area contributed by atoms with Crippen LogP contribution in [-0.2, 0) is 19.3 Å². The number of allylic oxidation sites excluding steroid dienone is 1. The maximum Gasteiger partial charge on any atom is 0.189 e. The molecule has 29 heavy (non-hydrogen) atoms. The van der Waals surface area contributed by atoms with Gasteiger partial charge in [-0.15, -0.1) is 9.24 Å². The first-order valence-electron chi connectivity index (χ1n) is 10.4. The predicted molar refractivity (Wildman–Crippen MR) is 128 cm³/mol. The Bertz CT molecular complexity index is 982. The maximum atomic E-state index is 12.5. The van der Waals surface area contributed by atoms with Gasteiger partial charge >= 0.3 is 0 Å². The van der Waals surface area contributed by atoms with Crippen LogP contribution in [0.4, 0.5) is 0 Å². The third-order valence-electron chi connectivity index (χ3n) is 5.12. The lowest BCUT2D eigenvalue weighted by molar-refractivity contribution is 0.104. The summed E-state index contributed by atoms with van der Waals surface area (Å²) in [5, 5.41) is 0. The van der Waals surface area contributed by atoms with Gasteiger partial charge in [-0.1, -0.05) is 86.6 Å². The Morgan fingerprint density at radius 2 is 1.41 bits per heavy atom. The molecule has 0 N–H and O–H groups in total. The Labute approximate surface area is 177 Å². The average Bonchev–Trinajstić information content (AvgIpc) is 3.08. The molecular formula is C27H29OP. The van der Waals surface area contributed by atoms with E-state index >= 15 is 0 Å². The average molecular weight is 401 g/mol. The molecule has 0 aliphatic heterocycles. The summed E-state index contributed by atoms with van der Waals surface area (Å²) in [6, 6.07) is 25.3. The van der Waals surface area contributed by atoms with Gasteiger partial charge in [0.25, 0.3) is 0 Å². The quantitative estimate of drug-likeness (QED) is 0.351. The highest BCUT2D eigenvalue weighted by molar-refractivity contribution is 7.16. The summed E-state index contributed by atoms with van der Waals surface area (Å²) in [6.45, 7) is 4.00. The first-order valence-corrected chi connectivity index (χ1v) is 11.2. The highest BCUT2D eigenvalue weighted by Crippen LogP contribution is 2.27. The van der Waals surface area contributed by atoms with Crippen LogP contribution >= 0.6 is 9.24 Å². The van der Waals surface area contributed by atoms with Crippen LogP contribution < -0.4 is 0 Å². The smallest absolute Gasteiger partial charge is 0.189 e. The van der Waals surface area contributed by atoms with Crippen LogP contribution in [0.2, 0.25) is 0 Å². The fraction of sp³-hybridized carbons (Fsp3) is 0.222. The van der Waals surface area contributed by atoms with E-state index in [9.17, 15) is 4.79 Å². The van der Waals surface area contributed by atoms with Gasteiger partial charge in [-0.05, 0) is 52.9 Å². The van der Waals surface area contributed by atoms with E-state index in [0.29, 0.717) is 0 Å². The first-order chi connectivity index (χ1) is 14.2. The van der Waals surface area contributed by atoms with Crippen molar-refractivity contribution in [3.05, 3.63) is 112 Å². The second-order valence-electron chi connectivity index (χ2n) is 7.11. The van der Waals surface area contributed by atoms with E-state index in [4.69, 9.17) is 0 Å². The Morgan fingerprint density at radius 1 is 0.828 bits per heavy atom. The summed E-state index contributed by atoms with van der Waals surface area (Å²) >= 11 is 0. The molecule has 1 unspecified atom stereocenters. The first kappa shape index (κ1) is 21.2. The Kier molecular flexibility index (Phi) is 7.55. The molecule has 2 heteroatoms. The fourth-order valence-electron chi connectivity index (χ4n) is 3.63. The SMILES string of the molecule is CC.O=C1/C(=C/c2ccc(Cc3ccc(CCP)cc3)cc2)Cc2ccccc21. The van der Waals surface area contributed by atoms with Gasteiger partial charge in [0.1, 0.15) is 0 Å². The van der Waals surface area contributed by atoms with Crippen LogP contribution in [0, 0.1) is 0 Å². The zero-order chi connectivity index (χ0) is 20.6. The normalized spacial score (nSPS) is 13.8. The molecule has 0 spiro atoms. The van der Waals surface area contributed by atoms with Gasteiger partial charge in [0.2, 0.25) is 0 Å². The molecule has 0 radical (unpaired) electrons. The minimum absolute atomic E-state index is 0.167. The van der Waals surface area contributed by atoms with Gasteiger partial charge in [0.05, 0.1) is 0 Å². The summed E-state index contributed by atoms with van der Waals surface area (Å²) in [7, 11) is 2.78. The van der Waals surface area contributed by atoms with Crippen LogP contribution in [0.15, 0.2) is 78.4 Å². The summed E-state index contributed by atoms with van der Waals surface area (Å²) in [5.74, 6) is 0.167. The number of Topliss-reactive ketones (excluding diaryl/α,β-unsaturated/α-hetero) is 1. The molecule has 1 atom stereocenters. The van der Waals surface area contributed by atoms with Crippen LogP contribution in [0.25, 0.3) is 6.08 Å². The van der Waals surface area contributed by atoms with Gasteiger partial charge in [-0.2, -0.15) is 0 Å². The molecule has 1 aliphatic rings. The zero-order valence-corrected chi connectivity index (χ0v) is 18.5. The van der Waals surface area contributed by atoms with Gasteiger partial charge < -0.3 is 0 Å². The summed E-state index contributed by atoms with van der Waals surface area (Å²) in [5.41, 5.74) is 7.96. The predicted octanol–water partition coefficient (Wildman–Crippen LogP) is 6.54. The van der Waals surface area contributed by atoms with Crippen molar-refractivity contribution < 1.29 is 4.79 Å². The van der Waals surface area contributed by atoms with Gasteiger partial charge in [-0.25, -0.2) is 0 Å². The van der Waals surface area contributed by atoms with Crippen molar-refractivity contribution in [3.63, 3.8) is 0 Å². The zero-order valence-electron chi connectivity index (χ0n) is 17.3. The monoisotopic (exact) mass is 400 g/mol. The number of carbonyl (C=O) groups excluding carboxylic acids is 1. The number of fused-ring (bicyclic) bond motifs is 1. The van der Waals surface area contributed by atoms with E-state index in [2.05, 4.69) is 57.8 Å². The fourth-order valence-corrected chi connectivity index (χ4v) is 3.96. The number of hydrogen-bond donors (Lipinski definition) is 0. The third-order valence-corrected chi connectivity index (χ3v) is 5.41.